The quantitative estimate of drug-likeness (QED) is 0.0533. The normalized spacial score (nSPS) is 14.4. The molecule has 14 heteroatoms. The first-order valence-electron chi connectivity index (χ1n) is 18.7. The van der Waals surface area contributed by atoms with Gasteiger partial charge in [0.25, 0.3) is 0 Å². The lowest BCUT2D eigenvalue weighted by Gasteiger charge is -2.35. The van der Waals surface area contributed by atoms with Crippen LogP contribution in [0.1, 0.15) is 116 Å². The average molecular weight is 825 g/mol. The van der Waals surface area contributed by atoms with Crippen molar-refractivity contribution >= 4 is 82.3 Å². The molecular formula is C38H60N2O6S4Si2. The van der Waals surface area contributed by atoms with Gasteiger partial charge in [-0.3, -0.25) is 0 Å². The van der Waals surface area contributed by atoms with E-state index < -0.39 is 17.6 Å². The van der Waals surface area contributed by atoms with Crippen molar-refractivity contribution in [3.8, 4) is 0 Å². The molecule has 4 aromatic rings. The summed E-state index contributed by atoms with van der Waals surface area (Å²) >= 11 is 3.54. The van der Waals surface area contributed by atoms with E-state index in [9.17, 15) is 0 Å². The van der Waals surface area contributed by atoms with Gasteiger partial charge >= 0.3 is 17.6 Å². The van der Waals surface area contributed by atoms with Gasteiger partial charge in [-0.1, -0.05) is 45.9 Å². The van der Waals surface area contributed by atoms with Crippen molar-refractivity contribution in [1.82, 2.24) is 9.97 Å². The molecule has 2 aromatic heterocycles. The van der Waals surface area contributed by atoms with Crippen LogP contribution >= 0.6 is 44.3 Å². The third-order valence-electron chi connectivity index (χ3n) is 7.38. The molecule has 0 fully saturated rings. The van der Waals surface area contributed by atoms with Gasteiger partial charge < -0.3 is 26.6 Å². The lowest BCUT2D eigenvalue weighted by molar-refractivity contribution is 0.00170. The predicted molar refractivity (Wildman–Crippen MR) is 228 cm³/mol. The summed E-state index contributed by atoms with van der Waals surface area (Å²) < 4.78 is 42.1. The fraction of sp³-hybridized carbons (Fsp3) is 0.632. The third-order valence-corrected chi connectivity index (χ3v) is 20.0. The molecule has 4 rings (SSSR count). The molecular weight excluding hydrogens is 765 g/mol. The highest BCUT2D eigenvalue weighted by Crippen LogP contribution is 2.53. The van der Waals surface area contributed by atoms with Crippen LogP contribution in [0.2, 0.25) is 12.1 Å². The van der Waals surface area contributed by atoms with E-state index in [1.54, 1.807) is 22.7 Å². The first kappa shape index (κ1) is 43.8. The Bertz CT molecular complexity index is 1410. The number of hydrogen-bond acceptors (Lipinski definition) is 12. The summed E-state index contributed by atoms with van der Waals surface area (Å²) in [6.07, 6.45) is 1.48. The SMILES string of the molecule is CC(C)O[Si](CCC(SSC(CC[Si](OC(C)C)(OC(C)C)OC(C)C)c1nc2ccccc2s1)c1nc2ccccc2s1)(OC(C)C)OC(C)C. The van der Waals surface area contributed by atoms with Crippen LogP contribution in [0.3, 0.4) is 0 Å². The number of aromatic nitrogens is 2. The molecule has 290 valence electrons. The highest BCUT2D eigenvalue weighted by molar-refractivity contribution is 8.76. The molecule has 0 aliphatic rings. The summed E-state index contributed by atoms with van der Waals surface area (Å²) in [5.41, 5.74) is 2.05. The number of para-hydroxylation sites is 2. The van der Waals surface area contributed by atoms with E-state index in [2.05, 4.69) is 132 Å². The van der Waals surface area contributed by atoms with Crippen LogP contribution < -0.4 is 0 Å². The zero-order valence-corrected chi connectivity index (χ0v) is 38.3. The summed E-state index contributed by atoms with van der Waals surface area (Å²) in [5.74, 6) is 0. The molecule has 0 saturated carbocycles. The van der Waals surface area contributed by atoms with Crippen molar-refractivity contribution < 1.29 is 26.6 Å². The molecule has 0 radical (unpaired) electrons. The minimum absolute atomic E-state index is 0.0193. The van der Waals surface area contributed by atoms with Gasteiger partial charge in [-0.05, 0) is 120 Å². The summed E-state index contributed by atoms with van der Waals surface area (Å²) in [6.45, 7) is 24.7. The van der Waals surface area contributed by atoms with Crippen molar-refractivity contribution in [3.05, 3.63) is 58.5 Å². The van der Waals surface area contributed by atoms with Crippen LogP contribution in [-0.4, -0.2) is 64.2 Å². The summed E-state index contributed by atoms with van der Waals surface area (Å²) in [5, 5.41) is 2.34. The zero-order valence-electron chi connectivity index (χ0n) is 33.0. The van der Waals surface area contributed by atoms with Gasteiger partial charge in [0.2, 0.25) is 0 Å². The Morgan fingerprint density at radius 3 is 1.04 bits per heavy atom. The van der Waals surface area contributed by atoms with Gasteiger partial charge in [-0.25, -0.2) is 9.97 Å². The second-order valence-electron chi connectivity index (χ2n) is 14.7. The van der Waals surface area contributed by atoms with Gasteiger partial charge in [-0.2, -0.15) is 0 Å². The largest absolute Gasteiger partial charge is 0.501 e. The Morgan fingerprint density at radius 2 is 0.769 bits per heavy atom. The second-order valence-corrected chi connectivity index (χ2v) is 24.6. The Labute approximate surface area is 330 Å². The van der Waals surface area contributed by atoms with Crippen LogP contribution in [-0.2, 0) is 26.6 Å². The maximum atomic E-state index is 6.62. The van der Waals surface area contributed by atoms with E-state index in [0.717, 1.165) is 33.9 Å². The van der Waals surface area contributed by atoms with Crippen LogP contribution in [0.25, 0.3) is 20.4 Å². The van der Waals surface area contributed by atoms with Crippen LogP contribution in [0, 0.1) is 0 Å². The number of nitrogens with zero attached hydrogens (tertiary/aromatic N) is 2. The monoisotopic (exact) mass is 824 g/mol. The molecule has 2 unspecified atom stereocenters. The molecule has 0 aliphatic carbocycles. The molecule has 2 aromatic carbocycles. The highest BCUT2D eigenvalue weighted by Gasteiger charge is 2.46. The Kier molecular flexibility index (Phi) is 17.1. The molecule has 0 aliphatic heterocycles. The number of rotatable bonds is 23. The van der Waals surface area contributed by atoms with E-state index in [0.29, 0.717) is 12.1 Å². The minimum atomic E-state index is -3.05. The maximum Gasteiger partial charge on any atom is 0.501 e. The molecule has 0 saturated heterocycles. The molecule has 0 amide bonds. The number of fused-ring (bicyclic) bond motifs is 2. The summed E-state index contributed by atoms with van der Waals surface area (Å²) in [4.78, 5) is 10.4. The summed E-state index contributed by atoms with van der Waals surface area (Å²) in [7, 11) is -2.35. The fourth-order valence-electron chi connectivity index (χ4n) is 5.91. The van der Waals surface area contributed by atoms with Crippen molar-refractivity contribution in [2.45, 2.75) is 155 Å². The van der Waals surface area contributed by atoms with E-state index in [4.69, 9.17) is 36.5 Å². The molecule has 0 spiro atoms. The topological polar surface area (TPSA) is 81.2 Å². The fourth-order valence-corrected chi connectivity index (χ4v) is 18.8. The second kappa shape index (κ2) is 20.3. The van der Waals surface area contributed by atoms with Gasteiger partial charge in [-0.15, -0.1) is 22.7 Å². The predicted octanol–water partition coefficient (Wildman–Crippen LogP) is 12.3. The Hall–Kier alpha value is -0.886. The molecule has 0 bridgehead atoms. The molecule has 2 heterocycles. The van der Waals surface area contributed by atoms with Crippen molar-refractivity contribution in [1.29, 1.82) is 0 Å². The Balaban J connectivity index is 1.70. The third kappa shape index (κ3) is 13.4. The first-order valence-corrected chi connectivity index (χ1v) is 26.4. The van der Waals surface area contributed by atoms with Crippen LogP contribution in [0.5, 0.6) is 0 Å². The molecule has 8 nitrogen and oxygen atoms in total. The Morgan fingerprint density at radius 1 is 0.481 bits per heavy atom. The van der Waals surface area contributed by atoms with Gasteiger partial charge in [0.15, 0.2) is 0 Å². The molecule has 2 atom stereocenters. The van der Waals surface area contributed by atoms with Crippen molar-refractivity contribution in [2.75, 3.05) is 0 Å². The number of benzene rings is 2. The van der Waals surface area contributed by atoms with E-state index in [1.165, 1.54) is 9.40 Å². The molecule has 52 heavy (non-hydrogen) atoms. The van der Waals surface area contributed by atoms with Crippen LogP contribution in [0.15, 0.2) is 48.5 Å². The number of hydrogen-bond donors (Lipinski definition) is 0. The van der Waals surface area contributed by atoms with Crippen LogP contribution in [0.4, 0.5) is 0 Å². The number of thiazole rings is 2. The van der Waals surface area contributed by atoms with Gasteiger partial charge in [0.05, 0.1) is 30.9 Å². The minimum Gasteiger partial charge on any atom is -0.371 e. The average Bonchev–Trinajstić information content (AvgIpc) is 3.65. The zero-order chi connectivity index (χ0) is 38.1. The molecule has 0 N–H and O–H groups in total. The lowest BCUT2D eigenvalue weighted by atomic mass is 10.3. The van der Waals surface area contributed by atoms with Crippen molar-refractivity contribution in [3.63, 3.8) is 0 Å². The summed E-state index contributed by atoms with van der Waals surface area (Å²) in [6, 6.07) is 18.2. The van der Waals surface area contributed by atoms with E-state index in [1.807, 2.05) is 21.6 Å². The van der Waals surface area contributed by atoms with Gasteiger partial charge in [0, 0.05) is 48.7 Å². The van der Waals surface area contributed by atoms with Gasteiger partial charge in [0.1, 0.15) is 10.0 Å². The maximum absolute atomic E-state index is 6.62. The highest BCUT2D eigenvalue weighted by atomic mass is 33.1. The van der Waals surface area contributed by atoms with E-state index in [-0.39, 0.29) is 47.1 Å². The van der Waals surface area contributed by atoms with Crippen molar-refractivity contribution in [2.24, 2.45) is 0 Å². The first-order chi connectivity index (χ1) is 24.6. The smallest absolute Gasteiger partial charge is 0.371 e. The standard InChI is InChI=1S/C38H60N2O6S4Si2/c1-25(2)41-51(42-26(3)4,43-27(5)6)23-21-35(37-39-31-17-13-15-19-33(31)47-37)49-50-36(38-40-32-18-14-16-20-34(32)48-38)22-24-52(44-28(7)8,45-29(9)10)46-30(11)12/h13-20,25-30,35-36H,21-24H2,1-12H3. The lowest BCUT2D eigenvalue weighted by Crippen LogP contribution is -2.50. The van der Waals surface area contributed by atoms with E-state index >= 15 is 0 Å².